The Morgan fingerprint density at radius 3 is 2.94 bits per heavy atom. The van der Waals surface area contributed by atoms with Gasteiger partial charge in [-0.05, 0) is 37.9 Å². The van der Waals surface area contributed by atoms with Crippen LogP contribution in [0.3, 0.4) is 0 Å². The van der Waals surface area contributed by atoms with E-state index in [2.05, 4.69) is 37.0 Å². The average molecular weight is 380 g/mol. The molecule has 0 aliphatic heterocycles. The van der Waals surface area contributed by atoms with Crippen LogP contribution >= 0.6 is 31.9 Å². The molecule has 1 unspecified atom stereocenters. The highest BCUT2D eigenvalue weighted by Crippen LogP contribution is 2.33. The molecule has 0 saturated carbocycles. The van der Waals surface area contributed by atoms with Crippen molar-refractivity contribution in [3.8, 4) is 0 Å². The SMILES string of the molecule is COCCn1ncc(Br)c1C(O)c1ccoc1Br. The smallest absolute Gasteiger partial charge is 0.175 e. The molecule has 0 amide bonds. The number of nitrogens with zero attached hydrogens (tertiary/aromatic N) is 2. The minimum absolute atomic E-state index is 0.515. The van der Waals surface area contributed by atoms with Crippen LogP contribution in [-0.4, -0.2) is 28.6 Å². The second kappa shape index (κ2) is 6.01. The maximum atomic E-state index is 10.4. The average Bonchev–Trinajstić information content (AvgIpc) is 2.92. The van der Waals surface area contributed by atoms with Gasteiger partial charge in [-0.2, -0.15) is 5.10 Å². The number of ether oxygens (including phenoxy) is 1. The van der Waals surface area contributed by atoms with Gasteiger partial charge in [0.1, 0.15) is 6.10 Å². The van der Waals surface area contributed by atoms with E-state index < -0.39 is 6.10 Å². The molecular weight excluding hydrogens is 368 g/mol. The molecule has 0 fully saturated rings. The molecule has 0 saturated heterocycles. The second-order valence-corrected chi connectivity index (χ2v) is 5.22. The largest absolute Gasteiger partial charge is 0.457 e. The number of halogens is 2. The fourth-order valence-electron chi connectivity index (χ4n) is 1.65. The van der Waals surface area contributed by atoms with Gasteiger partial charge in [0.2, 0.25) is 0 Å². The van der Waals surface area contributed by atoms with Crippen LogP contribution in [0.4, 0.5) is 0 Å². The molecule has 0 bridgehead atoms. The molecule has 98 valence electrons. The summed E-state index contributed by atoms with van der Waals surface area (Å²) < 4.78 is 13.1. The van der Waals surface area contributed by atoms with Gasteiger partial charge in [0.25, 0.3) is 0 Å². The van der Waals surface area contributed by atoms with E-state index in [1.807, 2.05) is 0 Å². The van der Waals surface area contributed by atoms with Gasteiger partial charge in [0.15, 0.2) is 4.67 Å². The van der Waals surface area contributed by atoms with Crippen LogP contribution in [0.25, 0.3) is 0 Å². The summed E-state index contributed by atoms with van der Waals surface area (Å²) in [5.74, 6) is 0. The van der Waals surface area contributed by atoms with Crippen molar-refractivity contribution >= 4 is 31.9 Å². The third-order valence-electron chi connectivity index (χ3n) is 2.54. The maximum Gasteiger partial charge on any atom is 0.175 e. The molecule has 5 nitrogen and oxygen atoms in total. The lowest BCUT2D eigenvalue weighted by Gasteiger charge is -2.13. The number of aliphatic hydroxyl groups excluding tert-OH is 1. The van der Waals surface area contributed by atoms with Gasteiger partial charge in [-0.15, -0.1) is 0 Å². The topological polar surface area (TPSA) is 60.4 Å². The molecule has 0 aliphatic rings. The Balaban J connectivity index is 2.32. The Labute approximate surface area is 121 Å². The Morgan fingerprint density at radius 1 is 1.56 bits per heavy atom. The zero-order chi connectivity index (χ0) is 13.1. The summed E-state index contributed by atoms with van der Waals surface area (Å²) in [6.45, 7) is 1.10. The van der Waals surface area contributed by atoms with Crippen LogP contribution in [0.15, 0.2) is 32.1 Å². The van der Waals surface area contributed by atoms with Crippen molar-refractivity contribution in [2.45, 2.75) is 12.6 Å². The molecule has 18 heavy (non-hydrogen) atoms. The molecule has 2 aromatic heterocycles. The van der Waals surface area contributed by atoms with Crippen LogP contribution in [0.2, 0.25) is 0 Å². The standard InChI is InChI=1S/C11H12Br2N2O3/c1-17-5-3-15-9(8(12)6-14-15)10(16)7-2-4-18-11(7)13/h2,4,6,10,16H,3,5H2,1H3. The highest BCUT2D eigenvalue weighted by atomic mass is 79.9. The molecule has 1 N–H and O–H groups in total. The van der Waals surface area contributed by atoms with Crippen molar-refractivity contribution in [1.82, 2.24) is 9.78 Å². The van der Waals surface area contributed by atoms with E-state index in [-0.39, 0.29) is 0 Å². The van der Waals surface area contributed by atoms with E-state index in [1.165, 1.54) is 6.26 Å². The van der Waals surface area contributed by atoms with Gasteiger partial charge >= 0.3 is 0 Å². The Kier molecular flexibility index (Phi) is 4.60. The first-order valence-electron chi connectivity index (χ1n) is 5.26. The first-order valence-corrected chi connectivity index (χ1v) is 6.84. The van der Waals surface area contributed by atoms with Crippen molar-refractivity contribution in [3.63, 3.8) is 0 Å². The number of aliphatic hydroxyl groups is 1. The highest BCUT2D eigenvalue weighted by molar-refractivity contribution is 9.10. The molecule has 0 aromatic carbocycles. The monoisotopic (exact) mass is 378 g/mol. The summed E-state index contributed by atoms with van der Waals surface area (Å²) in [6.07, 6.45) is 2.36. The minimum atomic E-state index is -0.813. The predicted octanol–water partition coefficient (Wildman–Crippen LogP) is 2.73. The van der Waals surface area contributed by atoms with Crippen LogP contribution in [0, 0.1) is 0 Å². The van der Waals surface area contributed by atoms with E-state index in [0.717, 1.165) is 4.47 Å². The lowest BCUT2D eigenvalue weighted by Crippen LogP contribution is -2.13. The van der Waals surface area contributed by atoms with E-state index >= 15 is 0 Å². The third-order valence-corrected chi connectivity index (χ3v) is 3.80. The zero-order valence-corrected chi connectivity index (χ0v) is 12.8. The number of methoxy groups -OCH3 is 1. The lowest BCUT2D eigenvalue weighted by atomic mass is 10.1. The van der Waals surface area contributed by atoms with Crippen LogP contribution in [0.1, 0.15) is 17.4 Å². The van der Waals surface area contributed by atoms with E-state index in [4.69, 9.17) is 9.15 Å². The summed E-state index contributed by atoms with van der Waals surface area (Å²) in [6, 6.07) is 1.72. The molecule has 0 aliphatic carbocycles. The quantitative estimate of drug-likeness (QED) is 0.867. The van der Waals surface area contributed by atoms with Gasteiger partial charge < -0.3 is 14.3 Å². The van der Waals surface area contributed by atoms with Gasteiger partial charge in [-0.25, -0.2) is 0 Å². The lowest BCUT2D eigenvalue weighted by molar-refractivity contribution is 0.170. The highest BCUT2D eigenvalue weighted by Gasteiger charge is 2.22. The second-order valence-electron chi connectivity index (χ2n) is 3.65. The minimum Gasteiger partial charge on any atom is -0.457 e. The van der Waals surface area contributed by atoms with Gasteiger partial charge in [0, 0.05) is 12.7 Å². The summed E-state index contributed by atoms with van der Waals surface area (Å²) in [5.41, 5.74) is 1.34. The van der Waals surface area contributed by atoms with Crippen LogP contribution < -0.4 is 0 Å². The number of hydrogen-bond acceptors (Lipinski definition) is 4. The van der Waals surface area contributed by atoms with E-state index in [0.29, 0.717) is 29.1 Å². The Hall–Kier alpha value is -0.630. The molecule has 2 rings (SSSR count). The fourth-order valence-corrected chi connectivity index (χ4v) is 2.62. The van der Waals surface area contributed by atoms with Gasteiger partial charge in [-0.1, -0.05) is 0 Å². The first-order chi connectivity index (χ1) is 8.65. The number of rotatable bonds is 5. The van der Waals surface area contributed by atoms with E-state index in [1.54, 1.807) is 24.1 Å². The van der Waals surface area contributed by atoms with Crippen LogP contribution in [-0.2, 0) is 11.3 Å². The van der Waals surface area contributed by atoms with Crippen LogP contribution in [0.5, 0.6) is 0 Å². The van der Waals surface area contributed by atoms with E-state index in [9.17, 15) is 5.11 Å². The van der Waals surface area contributed by atoms with Crippen molar-refractivity contribution in [2.75, 3.05) is 13.7 Å². The summed E-state index contributed by atoms with van der Waals surface area (Å²) in [7, 11) is 1.63. The van der Waals surface area contributed by atoms with Gasteiger partial charge in [0.05, 0.1) is 35.8 Å². The Bertz CT molecular complexity index is 524. The maximum absolute atomic E-state index is 10.4. The fraction of sp³-hybridized carbons (Fsp3) is 0.364. The molecule has 2 aromatic rings. The Morgan fingerprint density at radius 2 is 2.33 bits per heavy atom. The molecule has 1 atom stereocenters. The van der Waals surface area contributed by atoms with Crippen molar-refractivity contribution in [3.05, 3.63) is 38.9 Å². The summed E-state index contributed by atoms with van der Waals surface area (Å²) >= 11 is 6.65. The first kappa shape index (κ1) is 13.8. The normalized spacial score (nSPS) is 12.9. The molecule has 2 heterocycles. The van der Waals surface area contributed by atoms with Crippen molar-refractivity contribution in [1.29, 1.82) is 0 Å². The third kappa shape index (κ3) is 2.69. The summed E-state index contributed by atoms with van der Waals surface area (Å²) in [4.78, 5) is 0. The van der Waals surface area contributed by atoms with Crippen molar-refractivity contribution < 1.29 is 14.3 Å². The summed E-state index contributed by atoms with van der Waals surface area (Å²) in [5, 5.41) is 14.6. The predicted molar refractivity (Wildman–Crippen MR) is 72.3 cm³/mol. The number of furan rings is 1. The number of aromatic nitrogens is 2. The number of hydrogen-bond donors (Lipinski definition) is 1. The molecular formula is C11H12Br2N2O3. The van der Waals surface area contributed by atoms with Crippen molar-refractivity contribution in [2.24, 2.45) is 0 Å². The molecule has 7 heteroatoms. The molecule has 0 radical (unpaired) electrons. The zero-order valence-electron chi connectivity index (χ0n) is 9.64. The molecule has 0 spiro atoms. The van der Waals surface area contributed by atoms with Gasteiger partial charge in [-0.3, -0.25) is 4.68 Å².